The van der Waals surface area contributed by atoms with Crippen LogP contribution < -0.4 is 11.2 Å². The van der Waals surface area contributed by atoms with Gasteiger partial charge in [0.1, 0.15) is 5.82 Å². The number of aromatic nitrogens is 4. The fourth-order valence-corrected chi connectivity index (χ4v) is 3.71. The van der Waals surface area contributed by atoms with Crippen molar-refractivity contribution in [2.75, 3.05) is 19.7 Å². The van der Waals surface area contributed by atoms with E-state index in [-0.39, 0.29) is 17.9 Å². The quantitative estimate of drug-likeness (QED) is 0.824. The maximum Gasteiger partial charge on any atom is 0.332 e. The van der Waals surface area contributed by atoms with Crippen molar-refractivity contribution in [1.29, 1.82) is 0 Å². The first kappa shape index (κ1) is 17.9. The summed E-state index contributed by atoms with van der Waals surface area (Å²) >= 11 is 0. The lowest BCUT2D eigenvalue weighted by Crippen LogP contribution is -2.37. The van der Waals surface area contributed by atoms with Crippen LogP contribution in [0.3, 0.4) is 0 Å². The molecule has 1 aliphatic heterocycles. The molecule has 8 nitrogen and oxygen atoms in total. The zero-order chi connectivity index (χ0) is 18.1. The summed E-state index contributed by atoms with van der Waals surface area (Å²) in [6, 6.07) is 0. The third kappa shape index (κ3) is 3.28. The Labute approximate surface area is 146 Å². The van der Waals surface area contributed by atoms with E-state index in [1.807, 2.05) is 4.57 Å². The summed E-state index contributed by atoms with van der Waals surface area (Å²) in [5.41, 5.74) is 0.161. The molecule has 1 N–H and O–H groups in total. The van der Waals surface area contributed by atoms with Gasteiger partial charge in [0.25, 0.3) is 5.56 Å². The van der Waals surface area contributed by atoms with Crippen molar-refractivity contribution in [3.05, 3.63) is 26.7 Å². The van der Waals surface area contributed by atoms with Crippen LogP contribution in [0.4, 0.5) is 0 Å². The lowest BCUT2D eigenvalue weighted by atomic mass is 10.0. The van der Waals surface area contributed by atoms with Crippen molar-refractivity contribution in [3.8, 4) is 0 Å². The fraction of sp³-hybridized carbons (Fsp3) is 0.706. The minimum Gasteiger partial charge on any atom is -0.396 e. The minimum atomic E-state index is -0.373. The van der Waals surface area contributed by atoms with Crippen LogP contribution in [0.2, 0.25) is 0 Å². The topological polar surface area (TPSA) is 85.3 Å². The molecule has 0 saturated carbocycles. The summed E-state index contributed by atoms with van der Waals surface area (Å²) in [6.07, 6.45) is 2.95. The van der Waals surface area contributed by atoms with Crippen LogP contribution in [0.1, 0.15) is 32.0 Å². The third-order valence-electron chi connectivity index (χ3n) is 5.07. The smallest absolute Gasteiger partial charge is 0.332 e. The van der Waals surface area contributed by atoms with Crippen molar-refractivity contribution in [2.24, 2.45) is 20.0 Å². The highest BCUT2D eigenvalue weighted by molar-refractivity contribution is 5.71. The summed E-state index contributed by atoms with van der Waals surface area (Å²) < 4.78 is 4.42. The van der Waals surface area contributed by atoms with E-state index in [9.17, 15) is 14.7 Å². The van der Waals surface area contributed by atoms with Crippen LogP contribution in [0.15, 0.2) is 9.59 Å². The largest absolute Gasteiger partial charge is 0.396 e. The van der Waals surface area contributed by atoms with E-state index in [0.29, 0.717) is 36.6 Å². The molecule has 8 heteroatoms. The van der Waals surface area contributed by atoms with Crippen molar-refractivity contribution in [2.45, 2.75) is 39.3 Å². The van der Waals surface area contributed by atoms with Crippen LogP contribution >= 0.6 is 0 Å². The summed E-state index contributed by atoms with van der Waals surface area (Å²) in [7, 11) is 3.12. The van der Waals surface area contributed by atoms with E-state index in [4.69, 9.17) is 0 Å². The molecule has 0 radical (unpaired) electrons. The summed E-state index contributed by atoms with van der Waals surface area (Å²) in [6.45, 7) is 5.50. The standard InChI is InChI=1S/C17H27N5O3/c1-12-6-4-7-21(10-12)11-13-18-15-14(22(13)8-5-9-23)16(24)20(3)17(25)19(15)2/h12,23H,4-11H2,1-3H3. The van der Waals surface area contributed by atoms with E-state index >= 15 is 0 Å². The second-order valence-electron chi connectivity index (χ2n) is 7.12. The molecule has 1 saturated heterocycles. The van der Waals surface area contributed by atoms with Gasteiger partial charge >= 0.3 is 5.69 Å². The molecule has 138 valence electrons. The predicted octanol–water partition coefficient (Wildman–Crippen LogP) is 0.0480. The molecule has 0 amide bonds. The zero-order valence-electron chi connectivity index (χ0n) is 15.2. The molecule has 0 aliphatic carbocycles. The van der Waals surface area contributed by atoms with Crippen LogP contribution in [0.5, 0.6) is 0 Å². The van der Waals surface area contributed by atoms with Gasteiger partial charge in [0.2, 0.25) is 0 Å². The molecule has 2 aromatic heterocycles. The van der Waals surface area contributed by atoms with Crippen LogP contribution in [0, 0.1) is 5.92 Å². The Morgan fingerprint density at radius 1 is 1.24 bits per heavy atom. The summed E-state index contributed by atoms with van der Waals surface area (Å²) in [5.74, 6) is 1.44. The van der Waals surface area contributed by atoms with E-state index in [1.54, 1.807) is 7.05 Å². The maximum atomic E-state index is 12.7. The van der Waals surface area contributed by atoms with Gasteiger partial charge in [0.05, 0.1) is 6.54 Å². The van der Waals surface area contributed by atoms with Gasteiger partial charge in [-0.25, -0.2) is 9.78 Å². The van der Waals surface area contributed by atoms with Gasteiger partial charge in [-0.05, 0) is 31.7 Å². The zero-order valence-corrected chi connectivity index (χ0v) is 15.2. The number of aliphatic hydroxyl groups is 1. The lowest BCUT2D eigenvalue weighted by molar-refractivity contribution is 0.170. The SMILES string of the molecule is CC1CCCN(Cc2nc3c(c(=O)n(C)c(=O)n3C)n2CCCO)C1. The number of nitrogens with zero attached hydrogens (tertiary/aromatic N) is 5. The monoisotopic (exact) mass is 349 g/mol. The van der Waals surface area contributed by atoms with E-state index in [0.717, 1.165) is 29.9 Å². The number of hydrogen-bond donors (Lipinski definition) is 1. The Morgan fingerprint density at radius 2 is 2.00 bits per heavy atom. The van der Waals surface area contributed by atoms with Gasteiger partial charge < -0.3 is 9.67 Å². The number of rotatable bonds is 5. The summed E-state index contributed by atoms with van der Waals surface area (Å²) in [5, 5.41) is 9.22. The second kappa shape index (κ2) is 7.13. The number of imidazole rings is 1. The molecule has 1 unspecified atom stereocenters. The first-order valence-corrected chi connectivity index (χ1v) is 8.92. The molecule has 2 aromatic rings. The normalized spacial score (nSPS) is 19.0. The molecule has 3 rings (SSSR count). The van der Waals surface area contributed by atoms with Crippen LogP contribution in [-0.2, 0) is 27.2 Å². The van der Waals surface area contributed by atoms with Gasteiger partial charge in [-0.3, -0.25) is 18.8 Å². The number of fused-ring (bicyclic) bond motifs is 1. The number of likely N-dealkylation sites (tertiary alicyclic amines) is 1. The van der Waals surface area contributed by atoms with Gasteiger partial charge in [-0.2, -0.15) is 0 Å². The van der Waals surface area contributed by atoms with Gasteiger partial charge in [0.15, 0.2) is 11.2 Å². The average molecular weight is 349 g/mol. The van der Waals surface area contributed by atoms with Gasteiger partial charge in [-0.15, -0.1) is 0 Å². The minimum absolute atomic E-state index is 0.0476. The maximum absolute atomic E-state index is 12.7. The first-order valence-electron chi connectivity index (χ1n) is 8.92. The molecular formula is C17H27N5O3. The first-order chi connectivity index (χ1) is 11.9. The molecule has 0 spiro atoms. The average Bonchev–Trinajstić information content (AvgIpc) is 2.94. The highest BCUT2D eigenvalue weighted by atomic mass is 16.3. The molecule has 1 fully saturated rings. The molecule has 1 atom stereocenters. The number of piperidine rings is 1. The number of aliphatic hydroxyl groups excluding tert-OH is 1. The van der Waals surface area contributed by atoms with Crippen molar-refractivity contribution >= 4 is 11.2 Å². The molecule has 3 heterocycles. The third-order valence-corrected chi connectivity index (χ3v) is 5.07. The Kier molecular flexibility index (Phi) is 5.10. The van der Waals surface area contributed by atoms with Crippen LogP contribution in [-0.4, -0.2) is 48.4 Å². The Balaban J connectivity index is 2.10. The highest BCUT2D eigenvalue weighted by Crippen LogP contribution is 2.19. The molecule has 0 bridgehead atoms. The number of hydrogen-bond acceptors (Lipinski definition) is 5. The molecular weight excluding hydrogens is 322 g/mol. The van der Waals surface area contributed by atoms with Crippen molar-refractivity contribution in [1.82, 2.24) is 23.6 Å². The highest BCUT2D eigenvalue weighted by Gasteiger charge is 2.22. The van der Waals surface area contributed by atoms with Crippen molar-refractivity contribution in [3.63, 3.8) is 0 Å². The predicted molar refractivity (Wildman–Crippen MR) is 95.6 cm³/mol. The Morgan fingerprint density at radius 3 is 2.68 bits per heavy atom. The van der Waals surface area contributed by atoms with Gasteiger partial charge in [0, 0.05) is 33.8 Å². The molecule has 25 heavy (non-hydrogen) atoms. The summed E-state index contributed by atoms with van der Waals surface area (Å²) in [4.78, 5) is 31.8. The molecule has 1 aliphatic rings. The number of aryl methyl sites for hydroxylation is 2. The Bertz CT molecular complexity index is 879. The van der Waals surface area contributed by atoms with Gasteiger partial charge in [-0.1, -0.05) is 6.92 Å². The molecule has 0 aromatic carbocycles. The van der Waals surface area contributed by atoms with Crippen molar-refractivity contribution < 1.29 is 5.11 Å². The lowest BCUT2D eigenvalue weighted by Gasteiger charge is -2.30. The van der Waals surface area contributed by atoms with E-state index < -0.39 is 0 Å². The fourth-order valence-electron chi connectivity index (χ4n) is 3.71. The van der Waals surface area contributed by atoms with E-state index in [2.05, 4.69) is 16.8 Å². The Hall–Kier alpha value is -1.93. The van der Waals surface area contributed by atoms with E-state index in [1.165, 1.54) is 18.0 Å². The second-order valence-corrected chi connectivity index (χ2v) is 7.12. The van der Waals surface area contributed by atoms with Crippen LogP contribution in [0.25, 0.3) is 11.2 Å².